The van der Waals surface area contributed by atoms with Gasteiger partial charge in [-0.05, 0) is 39.7 Å². The van der Waals surface area contributed by atoms with Crippen LogP contribution in [0.25, 0.3) is 0 Å². The SMILES string of the molecule is COc1cc(C(=O)NCc2cccc(C(=O)O)c2)c(Br)c(OC)c1OC. The fourth-order valence-corrected chi connectivity index (χ4v) is 3.01. The molecular formula is C18H18BrNO6. The van der Waals surface area contributed by atoms with Crippen molar-refractivity contribution >= 4 is 27.8 Å². The molecule has 26 heavy (non-hydrogen) atoms. The third-order valence-electron chi connectivity index (χ3n) is 3.64. The molecule has 0 aliphatic carbocycles. The van der Waals surface area contributed by atoms with Crippen molar-refractivity contribution in [3.05, 3.63) is 51.5 Å². The lowest BCUT2D eigenvalue weighted by Crippen LogP contribution is -2.23. The van der Waals surface area contributed by atoms with Gasteiger partial charge in [0.1, 0.15) is 0 Å². The number of aromatic carboxylic acids is 1. The van der Waals surface area contributed by atoms with Gasteiger partial charge in [-0.3, -0.25) is 4.79 Å². The van der Waals surface area contributed by atoms with Crippen molar-refractivity contribution < 1.29 is 28.9 Å². The number of ether oxygens (including phenoxy) is 3. The Balaban J connectivity index is 2.27. The molecule has 0 radical (unpaired) electrons. The van der Waals surface area contributed by atoms with Crippen molar-refractivity contribution in [3.8, 4) is 17.2 Å². The van der Waals surface area contributed by atoms with Crippen LogP contribution in [0, 0.1) is 0 Å². The molecule has 2 N–H and O–H groups in total. The van der Waals surface area contributed by atoms with Crippen molar-refractivity contribution in [1.82, 2.24) is 5.32 Å². The minimum absolute atomic E-state index is 0.158. The molecule has 8 heteroatoms. The number of hydrogen-bond donors (Lipinski definition) is 2. The molecule has 2 aromatic carbocycles. The van der Waals surface area contributed by atoms with Crippen LogP contribution in [0.2, 0.25) is 0 Å². The summed E-state index contributed by atoms with van der Waals surface area (Å²) in [6, 6.07) is 7.89. The van der Waals surface area contributed by atoms with Gasteiger partial charge in [-0.15, -0.1) is 0 Å². The molecule has 0 unspecified atom stereocenters. The molecular weight excluding hydrogens is 406 g/mol. The highest BCUT2D eigenvalue weighted by molar-refractivity contribution is 9.10. The fourth-order valence-electron chi connectivity index (χ4n) is 2.38. The molecule has 0 aliphatic heterocycles. The summed E-state index contributed by atoms with van der Waals surface area (Å²) in [6.07, 6.45) is 0. The smallest absolute Gasteiger partial charge is 0.335 e. The lowest BCUT2D eigenvalue weighted by Gasteiger charge is -2.16. The lowest BCUT2D eigenvalue weighted by molar-refractivity contribution is 0.0696. The number of amides is 1. The highest BCUT2D eigenvalue weighted by Gasteiger charge is 2.22. The van der Waals surface area contributed by atoms with Crippen LogP contribution in [0.3, 0.4) is 0 Å². The number of carboxylic acid groups (broad SMARTS) is 1. The molecule has 0 spiro atoms. The summed E-state index contributed by atoms with van der Waals surface area (Å²) in [4.78, 5) is 23.6. The van der Waals surface area contributed by atoms with Crippen molar-refractivity contribution in [2.45, 2.75) is 6.54 Å². The fraction of sp³-hybridized carbons (Fsp3) is 0.222. The topological polar surface area (TPSA) is 94.1 Å². The van der Waals surface area contributed by atoms with Crippen molar-refractivity contribution in [2.24, 2.45) is 0 Å². The number of nitrogens with one attached hydrogen (secondary N) is 1. The third kappa shape index (κ3) is 4.08. The van der Waals surface area contributed by atoms with Crippen LogP contribution in [0.5, 0.6) is 17.2 Å². The molecule has 0 saturated carbocycles. The van der Waals surface area contributed by atoms with E-state index in [1.165, 1.54) is 39.5 Å². The van der Waals surface area contributed by atoms with Crippen LogP contribution in [0.1, 0.15) is 26.3 Å². The second-order valence-electron chi connectivity index (χ2n) is 5.20. The van der Waals surface area contributed by atoms with Crippen LogP contribution < -0.4 is 19.5 Å². The standard InChI is InChI=1S/C18H18BrNO6/c1-24-13-8-12(14(19)16(26-3)15(13)25-2)17(21)20-9-10-5-4-6-11(7-10)18(22)23/h4-8H,9H2,1-3H3,(H,20,21)(H,22,23). The Labute approximate surface area is 159 Å². The van der Waals surface area contributed by atoms with E-state index in [2.05, 4.69) is 21.2 Å². The molecule has 7 nitrogen and oxygen atoms in total. The van der Waals surface area contributed by atoms with Gasteiger partial charge in [-0.1, -0.05) is 12.1 Å². The Morgan fingerprint density at radius 1 is 1.08 bits per heavy atom. The van der Waals surface area contributed by atoms with Crippen LogP contribution in [0.4, 0.5) is 0 Å². The highest BCUT2D eigenvalue weighted by Crippen LogP contribution is 2.44. The molecule has 1 amide bonds. The Hall–Kier alpha value is -2.74. The number of carbonyl (C=O) groups excluding carboxylic acids is 1. The minimum Gasteiger partial charge on any atom is -0.493 e. The zero-order valence-corrected chi connectivity index (χ0v) is 16.0. The summed E-state index contributed by atoms with van der Waals surface area (Å²) in [5.41, 5.74) is 1.13. The summed E-state index contributed by atoms with van der Waals surface area (Å²) in [5, 5.41) is 11.8. The number of benzene rings is 2. The first kappa shape index (κ1) is 19.6. The maximum Gasteiger partial charge on any atom is 0.335 e. The predicted molar refractivity (Wildman–Crippen MR) is 98.4 cm³/mol. The van der Waals surface area contributed by atoms with Gasteiger partial charge in [-0.2, -0.15) is 0 Å². The summed E-state index contributed by atoms with van der Waals surface area (Å²) in [5.74, 6) is -0.342. The van der Waals surface area contributed by atoms with E-state index in [0.29, 0.717) is 32.8 Å². The van der Waals surface area contributed by atoms with Crippen LogP contribution in [0.15, 0.2) is 34.8 Å². The maximum atomic E-state index is 12.6. The first-order chi connectivity index (χ1) is 12.4. The van der Waals surface area contributed by atoms with Gasteiger partial charge >= 0.3 is 5.97 Å². The quantitative estimate of drug-likeness (QED) is 0.710. The van der Waals surface area contributed by atoms with E-state index in [4.69, 9.17) is 19.3 Å². The summed E-state index contributed by atoms with van der Waals surface area (Å²) in [7, 11) is 4.40. The lowest BCUT2D eigenvalue weighted by atomic mass is 10.1. The number of carboxylic acids is 1. The first-order valence-electron chi connectivity index (χ1n) is 7.51. The van der Waals surface area contributed by atoms with E-state index in [0.717, 1.165) is 0 Å². The van der Waals surface area contributed by atoms with Crippen LogP contribution in [-0.4, -0.2) is 38.3 Å². The van der Waals surface area contributed by atoms with Gasteiger partial charge in [0.2, 0.25) is 5.75 Å². The average molecular weight is 424 g/mol. The minimum atomic E-state index is -1.02. The molecule has 0 heterocycles. The Morgan fingerprint density at radius 2 is 1.77 bits per heavy atom. The molecule has 2 aromatic rings. The van der Waals surface area contributed by atoms with Gasteiger partial charge < -0.3 is 24.6 Å². The first-order valence-corrected chi connectivity index (χ1v) is 8.31. The molecule has 0 aliphatic rings. The Bertz CT molecular complexity index is 837. The number of methoxy groups -OCH3 is 3. The number of hydrogen-bond acceptors (Lipinski definition) is 5. The monoisotopic (exact) mass is 423 g/mol. The Kier molecular flexibility index (Phi) is 6.46. The van der Waals surface area contributed by atoms with Gasteiger partial charge in [0.05, 0.1) is 36.9 Å². The van der Waals surface area contributed by atoms with E-state index in [1.807, 2.05) is 0 Å². The molecule has 0 fully saturated rings. The second-order valence-corrected chi connectivity index (χ2v) is 5.99. The molecule has 2 rings (SSSR count). The molecule has 0 atom stereocenters. The van der Waals surface area contributed by atoms with E-state index >= 15 is 0 Å². The molecule has 0 aromatic heterocycles. The second kappa shape index (κ2) is 8.57. The molecule has 138 valence electrons. The average Bonchev–Trinajstić information content (AvgIpc) is 2.65. The van der Waals surface area contributed by atoms with Gasteiger partial charge in [-0.25, -0.2) is 4.79 Å². The predicted octanol–water partition coefficient (Wildman–Crippen LogP) is 3.10. The van der Waals surface area contributed by atoms with E-state index < -0.39 is 5.97 Å². The molecule has 0 saturated heterocycles. The maximum absolute atomic E-state index is 12.6. The van der Waals surface area contributed by atoms with Crippen LogP contribution in [-0.2, 0) is 6.54 Å². The Morgan fingerprint density at radius 3 is 2.35 bits per heavy atom. The van der Waals surface area contributed by atoms with Gasteiger partial charge in [0.25, 0.3) is 5.91 Å². The number of halogens is 1. The van der Waals surface area contributed by atoms with Crippen molar-refractivity contribution in [1.29, 1.82) is 0 Å². The van der Waals surface area contributed by atoms with Crippen molar-refractivity contribution in [3.63, 3.8) is 0 Å². The van der Waals surface area contributed by atoms with Crippen LogP contribution >= 0.6 is 15.9 Å². The third-order valence-corrected chi connectivity index (χ3v) is 4.43. The molecule has 0 bridgehead atoms. The number of carbonyl (C=O) groups is 2. The zero-order valence-electron chi connectivity index (χ0n) is 14.5. The van der Waals surface area contributed by atoms with E-state index in [1.54, 1.807) is 12.1 Å². The summed E-state index contributed by atoms with van der Waals surface area (Å²) >= 11 is 3.35. The van der Waals surface area contributed by atoms with E-state index in [9.17, 15) is 9.59 Å². The van der Waals surface area contributed by atoms with E-state index in [-0.39, 0.29) is 18.0 Å². The van der Waals surface area contributed by atoms with Gasteiger partial charge in [0, 0.05) is 6.54 Å². The zero-order chi connectivity index (χ0) is 19.3. The normalized spacial score (nSPS) is 10.2. The van der Waals surface area contributed by atoms with Crippen molar-refractivity contribution in [2.75, 3.05) is 21.3 Å². The number of rotatable bonds is 7. The largest absolute Gasteiger partial charge is 0.493 e. The highest BCUT2D eigenvalue weighted by atomic mass is 79.9. The summed E-state index contributed by atoms with van der Waals surface area (Å²) in [6.45, 7) is 0.170. The van der Waals surface area contributed by atoms with Gasteiger partial charge in [0.15, 0.2) is 11.5 Å². The summed E-state index contributed by atoms with van der Waals surface area (Å²) < 4.78 is 16.3.